The Bertz CT molecular complexity index is 427. The van der Waals surface area contributed by atoms with Crippen molar-refractivity contribution >= 4 is 16.6 Å². The van der Waals surface area contributed by atoms with E-state index < -0.39 is 0 Å². The van der Waals surface area contributed by atoms with Gasteiger partial charge in [-0.15, -0.1) is 0 Å². The van der Waals surface area contributed by atoms with Gasteiger partial charge in [-0.25, -0.2) is 0 Å². The van der Waals surface area contributed by atoms with E-state index in [4.69, 9.17) is 5.73 Å². The van der Waals surface area contributed by atoms with Gasteiger partial charge in [0.15, 0.2) is 0 Å². The number of anilines is 1. The van der Waals surface area contributed by atoms with Crippen molar-refractivity contribution in [1.29, 1.82) is 0 Å². The molecular formula is C10H12N2. The Balaban J connectivity index is 2.96. The normalized spacial score (nSPS) is 10.8. The first-order valence-electron chi connectivity index (χ1n) is 4.00. The zero-order chi connectivity index (χ0) is 8.72. The van der Waals surface area contributed by atoms with Gasteiger partial charge in [-0.3, -0.25) is 0 Å². The molecule has 1 aromatic carbocycles. The second kappa shape index (κ2) is 2.27. The van der Waals surface area contributed by atoms with Crippen molar-refractivity contribution in [2.45, 2.75) is 6.92 Å². The van der Waals surface area contributed by atoms with Crippen LogP contribution in [-0.2, 0) is 7.05 Å². The number of aryl methyl sites for hydroxylation is 2. The number of aromatic nitrogens is 1. The molecule has 0 aliphatic carbocycles. The molecule has 1 heterocycles. The highest BCUT2D eigenvalue weighted by Crippen LogP contribution is 2.24. The molecule has 0 atom stereocenters. The minimum Gasteiger partial charge on any atom is -0.397 e. The van der Waals surface area contributed by atoms with Crippen LogP contribution in [0.4, 0.5) is 5.69 Å². The van der Waals surface area contributed by atoms with Crippen LogP contribution in [0.2, 0.25) is 0 Å². The Morgan fingerprint density at radius 2 is 2.00 bits per heavy atom. The summed E-state index contributed by atoms with van der Waals surface area (Å²) < 4.78 is 2.05. The molecule has 0 bridgehead atoms. The van der Waals surface area contributed by atoms with Crippen LogP contribution < -0.4 is 5.73 Å². The average Bonchev–Trinajstić information content (AvgIpc) is 2.41. The first kappa shape index (κ1) is 7.22. The first-order chi connectivity index (χ1) is 5.70. The third kappa shape index (κ3) is 0.811. The van der Waals surface area contributed by atoms with Gasteiger partial charge in [0.2, 0.25) is 0 Å². The number of rotatable bonds is 0. The zero-order valence-electron chi connectivity index (χ0n) is 7.33. The maximum atomic E-state index is 5.94. The summed E-state index contributed by atoms with van der Waals surface area (Å²) in [5.74, 6) is 0. The SMILES string of the molecule is Cc1ccc2ccn(C)c2c1N. The van der Waals surface area contributed by atoms with Crippen LogP contribution >= 0.6 is 0 Å². The molecule has 2 rings (SSSR count). The molecule has 2 aromatic rings. The molecule has 0 saturated carbocycles. The van der Waals surface area contributed by atoms with E-state index >= 15 is 0 Å². The van der Waals surface area contributed by atoms with Gasteiger partial charge < -0.3 is 10.3 Å². The lowest BCUT2D eigenvalue weighted by Crippen LogP contribution is -1.94. The average molecular weight is 160 g/mol. The van der Waals surface area contributed by atoms with E-state index in [9.17, 15) is 0 Å². The van der Waals surface area contributed by atoms with Gasteiger partial charge >= 0.3 is 0 Å². The molecule has 2 N–H and O–H groups in total. The van der Waals surface area contributed by atoms with E-state index in [1.807, 2.05) is 20.2 Å². The number of benzene rings is 1. The monoisotopic (exact) mass is 160 g/mol. The molecule has 0 amide bonds. The van der Waals surface area contributed by atoms with Crippen LogP contribution in [0.3, 0.4) is 0 Å². The van der Waals surface area contributed by atoms with Crippen molar-refractivity contribution in [3.05, 3.63) is 30.0 Å². The first-order valence-corrected chi connectivity index (χ1v) is 4.00. The topological polar surface area (TPSA) is 30.9 Å². The number of hydrogen-bond acceptors (Lipinski definition) is 1. The fourth-order valence-corrected chi connectivity index (χ4v) is 1.52. The fourth-order valence-electron chi connectivity index (χ4n) is 1.52. The summed E-state index contributed by atoms with van der Waals surface area (Å²) in [6, 6.07) is 6.23. The standard InChI is InChI=1S/C10H12N2/c1-7-3-4-8-5-6-12(2)10(8)9(7)11/h3-6H,11H2,1-2H3. The number of fused-ring (bicyclic) bond motifs is 1. The third-order valence-corrected chi connectivity index (χ3v) is 2.30. The van der Waals surface area contributed by atoms with E-state index in [2.05, 4.69) is 22.8 Å². The third-order valence-electron chi connectivity index (χ3n) is 2.30. The number of nitrogens with zero attached hydrogens (tertiary/aromatic N) is 1. The van der Waals surface area contributed by atoms with Crippen LogP contribution in [-0.4, -0.2) is 4.57 Å². The Labute approximate surface area is 71.6 Å². The van der Waals surface area contributed by atoms with E-state index in [1.54, 1.807) is 0 Å². The number of hydrogen-bond donors (Lipinski definition) is 1. The van der Waals surface area contributed by atoms with Gasteiger partial charge in [0.1, 0.15) is 0 Å². The lowest BCUT2D eigenvalue weighted by molar-refractivity contribution is 0.970. The summed E-state index contributed by atoms with van der Waals surface area (Å²) >= 11 is 0. The van der Waals surface area contributed by atoms with Gasteiger partial charge in [0, 0.05) is 18.6 Å². The summed E-state index contributed by atoms with van der Waals surface area (Å²) in [6.45, 7) is 2.03. The summed E-state index contributed by atoms with van der Waals surface area (Å²) in [4.78, 5) is 0. The maximum Gasteiger partial charge on any atom is 0.0713 e. The quantitative estimate of drug-likeness (QED) is 0.587. The second-order valence-electron chi connectivity index (χ2n) is 3.16. The van der Waals surface area contributed by atoms with Crippen LogP contribution in [0.1, 0.15) is 5.56 Å². The molecule has 2 heteroatoms. The lowest BCUT2D eigenvalue weighted by Gasteiger charge is -2.03. The molecule has 0 aliphatic heterocycles. The Morgan fingerprint density at radius 3 is 2.75 bits per heavy atom. The van der Waals surface area contributed by atoms with E-state index in [-0.39, 0.29) is 0 Å². The largest absolute Gasteiger partial charge is 0.397 e. The highest BCUT2D eigenvalue weighted by Gasteiger charge is 2.03. The molecule has 0 saturated heterocycles. The highest BCUT2D eigenvalue weighted by atomic mass is 14.9. The Hall–Kier alpha value is -1.44. The minimum absolute atomic E-state index is 0.889. The van der Waals surface area contributed by atoms with Crippen molar-refractivity contribution in [3.63, 3.8) is 0 Å². The van der Waals surface area contributed by atoms with Crippen LogP contribution in [0, 0.1) is 6.92 Å². The molecule has 1 aromatic heterocycles. The van der Waals surface area contributed by atoms with Gasteiger partial charge in [-0.1, -0.05) is 12.1 Å². The summed E-state index contributed by atoms with van der Waals surface area (Å²) in [6.07, 6.45) is 2.03. The molecule has 0 aliphatic rings. The predicted molar refractivity (Wildman–Crippen MR) is 52.1 cm³/mol. The van der Waals surface area contributed by atoms with Crippen LogP contribution in [0.15, 0.2) is 24.4 Å². The van der Waals surface area contributed by atoms with Crippen molar-refractivity contribution < 1.29 is 0 Å². The van der Waals surface area contributed by atoms with Gasteiger partial charge in [0.05, 0.1) is 11.2 Å². The van der Waals surface area contributed by atoms with Crippen LogP contribution in [0.5, 0.6) is 0 Å². The minimum atomic E-state index is 0.889. The van der Waals surface area contributed by atoms with Crippen LogP contribution in [0.25, 0.3) is 10.9 Å². The van der Waals surface area contributed by atoms with Crippen molar-refractivity contribution in [2.75, 3.05) is 5.73 Å². The molecule has 0 unspecified atom stereocenters. The zero-order valence-corrected chi connectivity index (χ0v) is 7.33. The summed E-state index contributed by atoms with van der Waals surface area (Å²) in [5.41, 5.74) is 9.11. The molecular weight excluding hydrogens is 148 g/mol. The highest BCUT2D eigenvalue weighted by molar-refractivity contribution is 5.92. The van der Waals surface area contributed by atoms with Crippen molar-refractivity contribution in [2.24, 2.45) is 7.05 Å². The van der Waals surface area contributed by atoms with Gasteiger partial charge in [0.25, 0.3) is 0 Å². The summed E-state index contributed by atoms with van der Waals surface area (Å²) in [5, 5.41) is 1.21. The van der Waals surface area contributed by atoms with E-state index in [0.29, 0.717) is 0 Å². The predicted octanol–water partition coefficient (Wildman–Crippen LogP) is 2.07. The Morgan fingerprint density at radius 1 is 1.25 bits per heavy atom. The van der Waals surface area contributed by atoms with Crippen molar-refractivity contribution in [1.82, 2.24) is 4.57 Å². The van der Waals surface area contributed by atoms with E-state index in [0.717, 1.165) is 16.8 Å². The molecule has 0 spiro atoms. The van der Waals surface area contributed by atoms with Gasteiger partial charge in [-0.2, -0.15) is 0 Å². The molecule has 0 radical (unpaired) electrons. The summed E-state index contributed by atoms with van der Waals surface area (Å²) in [7, 11) is 2.01. The van der Waals surface area contributed by atoms with E-state index in [1.165, 1.54) is 5.39 Å². The Kier molecular flexibility index (Phi) is 1.37. The van der Waals surface area contributed by atoms with Crippen molar-refractivity contribution in [3.8, 4) is 0 Å². The second-order valence-corrected chi connectivity index (χ2v) is 3.16. The molecule has 12 heavy (non-hydrogen) atoms. The molecule has 0 fully saturated rings. The lowest BCUT2D eigenvalue weighted by atomic mass is 10.1. The van der Waals surface area contributed by atoms with Gasteiger partial charge in [-0.05, 0) is 18.6 Å². The molecule has 2 nitrogen and oxygen atoms in total. The smallest absolute Gasteiger partial charge is 0.0713 e. The molecule has 62 valence electrons. The number of nitrogen functional groups attached to an aromatic ring is 1. The number of nitrogens with two attached hydrogens (primary N) is 1. The fraction of sp³-hybridized carbons (Fsp3) is 0.200. The maximum absolute atomic E-state index is 5.94.